The van der Waals surface area contributed by atoms with Gasteiger partial charge in [-0.15, -0.1) is 11.8 Å². The van der Waals surface area contributed by atoms with Crippen LogP contribution in [0.3, 0.4) is 0 Å². The van der Waals surface area contributed by atoms with E-state index in [9.17, 15) is 4.79 Å². The minimum Gasteiger partial charge on any atom is -0.325 e. The molecule has 4 heteroatoms. The summed E-state index contributed by atoms with van der Waals surface area (Å²) in [4.78, 5) is 13.2. The molecule has 0 radical (unpaired) electrons. The Balaban J connectivity index is 1.89. The molecule has 0 heterocycles. The zero-order valence-corrected chi connectivity index (χ0v) is 13.1. The van der Waals surface area contributed by atoms with E-state index in [1.165, 1.54) is 30.6 Å². The Labute approximate surface area is 125 Å². The lowest BCUT2D eigenvalue weighted by atomic mass is 10.1. The highest BCUT2D eigenvalue weighted by Crippen LogP contribution is 2.34. The van der Waals surface area contributed by atoms with Gasteiger partial charge in [0.25, 0.3) is 0 Å². The molecule has 0 bridgehead atoms. The van der Waals surface area contributed by atoms with Gasteiger partial charge in [0.05, 0.1) is 6.04 Å². The second kappa shape index (κ2) is 7.14. The molecule has 1 aromatic rings. The molecule has 1 aromatic carbocycles. The fourth-order valence-electron chi connectivity index (χ4n) is 2.34. The number of carbonyl (C=O) groups excluding carboxylic acids is 1. The SMILES string of the molecule is CC(C)[C@H](N)C(=O)Nc1ccc(SC2CCCC2)cc1. The van der Waals surface area contributed by atoms with Gasteiger partial charge in [0, 0.05) is 15.8 Å². The van der Waals surface area contributed by atoms with Crippen molar-refractivity contribution in [2.45, 2.75) is 55.7 Å². The lowest BCUT2D eigenvalue weighted by molar-refractivity contribution is -0.118. The summed E-state index contributed by atoms with van der Waals surface area (Å²) in [6.07, 6.45) is 5.37. The van der Waals surface area contributed by atoms with Crippen molar-refractivity contribution < 1.29 is 4.79 Å². The summed E-state index contributed by atoms with van der Waals surface area (Å²) in [5.41, 5.74) is 6.65. The van der Waals surface area contributed by atoms with Crippen molar-refractivity contribution in [2.75, 3.05) is 5.32 Å². The van der Waals surface area contributed by atoms with Gasteiger partial charge in [0.15, 0.2) is 0 Å². The molecule has 0 aliphatic heterocycles. The summed E-state index contributed by atoms with van der Waals surface area (Å²) in [7, 11) is 0. The van der Waals surface area contributed by atoms with Crippen LogP contribution in [-0.4, -0.2) is 17.2 Å². The Kier molecular flexibility index (Phi) is 5.49. The fourth-order valence-corrected chi connectivity index (χ4v) is 3.59. The Morgan fingerprint density at radius 3 is 2.40 bits per heavy atom. The maximum atomic E-state index is 11.9. The normalized spacial score (nSPS) is 17.4. The van der Waals surface area contributed by atoms with Gasteiger partial charge >= 0.3 is 0 Å². The Morgan fingerprint density at radius 2 is 1.85 bits per heavy atom. The second-order valence-corrected chi connectivity index (χ2v) is 7.18. The molecule has 1 saturated carbocycles. The van der Waals surface area contributed by atoms with Gasteiger partial charge in [0.1, 0.15) is 0 Å². The van der Waals surface area contributed by atoms with Crippen molar-refractivity contribution in [3.63, 3.8) is 0 Å². The third-order valence-electron chi connectivity index (χ3n) is 3.75. The molecule has 1 fully saturated rings. The number of carbonyl (C=O) groups is 1. The van der Waals surface area contributed by atoms with Crippen LogP contribution in [0.4, 0.5) is 5.69 Å². The van der Waals surface area contributed by atoms with Gasteiger partial charge in [-0.25, -0.2) is 0 Å². The molecule has 0 unspecified atom stereocenters. The van der Waals surface area contributed by atoms with Crippen molar-refractivity contribution in [2.24, 2.45) is 11.7 Å². The van der Waals surface area contributed by atoms with Gasteiger partial charge in [0.2, 0.25) is 5.91 Å². The monoisotopic (exact) mass is 292 g/mol. The van der Waals surface area contributed by atoms with E-state index < -0.39 is 6.04 Å². The maximum absolute atomic E-state index is 11.9. The first-order valence-electron chi connectivity index (χ1n) is 7.39. The molecular formula is C16H24N2OS. The number of thioether (sulfide) groups is 1. The highest BCUT2D eigenvalue weighted by atomic mass is 32.2. The third kappa shape index (κ3) is 4.25. The highest BCUT2D eigenvalue weighted by Gasteiger charge is 2.18. The first kappa shape index (κ1) is 15.4. The molecule has 0 saturated heterocycles. The first-order chi connectivity index (χ1) is 9.56. The number of nitrogens with two attached hydrogens (primary N) is 1. The summed E-state index contributed by atoms with van der Waals surface area (Å²) in [6.45, 7) is 3.90. The minimum absolute atomic E-state index is 0.115. The van der Waals surface area contributed by atoms with Crippen LogP contribution in [0.1, 0.15) is 39.5 Å². The van der Waals surface area contributed by atoms with Crippen molar-refractivity contribution in [3.8, 4) is 0 Å². The molecule has 0 spiro atoms. The first-order valence-corrected chi connectivity index (χ1v) is 8.27. The maximum Gasteiger partial charge on any atom is 0.241 e. The quantitative estimate of drug-likeness (QED) is 0.871. The number of nitrogens with one attached hydrogen (secondary N) is 1. The summed E-state index contributed by atoms with van der Waals surface area (Å²) in [6, 6.07) is 7.63. The van der Waals surface area contributed by atoms with Crippen molar-refractivity contribution in [1.29, 1.82) is 0 Å². The van der Waals surface area contributed by atoms with Crippen molar-refractivity contribution >= 4 is 23.4 Å². The van der Waals surface area contributed by atoms with E-state index in [0.29, 0.717) is 0 Å². The summed E-state index contributed by atoms with van der Waals surface area (Å²) in [5, 5.41) is 3.64. The van der Waals surface area contributed by atoms with Crippen molar-refractivity contribution in [1.82, 2.24) is 0 Å². The van der Waals surface area contributed by atoms with Crippen LogP contribution in [0, 0.1) is 5.92 Å². The highest BCUT2D eigenvalue weighted by molar-refractivity contribution is 8.00. The largest absolute Gasteiger partial charge is 0.325 e. The Bertz CT molecular complexity index is 438. The van der Waals surface area contributed by atoms with Gasteiger partial charge in [-0.3, -0.25) is 4.79 Å². The molecule has 1 aliphatic rings. The van der Waals surface area contributed by atoms with Crippen LogP contribution in [-0.2, 0) is 4.79 Å². The number of hydrogen-bond acceptors (Lipinski definition) is 3. The lowest BCUT2D eigenvalue weighted by Crippen LogP contribution is -2.39. The van der Waals surface area contributed by atoms with Crippen LogP contribution >= 0.6 is 11.8 Å². The molecule has 0 aromatic heterocycles. The molecule has 1 atom stereocenters. The predicted octanol–water partition coefficient (Wildman–Crippen LogP) is 3.64. The number of hydrogen-bond donors (Lipinski definition) is 2. The molecule has 20 heavy (non-hydrogen) atoms. The summed E-state index contributed by atoms with van der Waals surface area (Å²) in [5.74, 6) is 0.0309. The summed E-state index contributed by atoms with van der Waals surface area (Å²) >= 11 is 1.95. The van der Waals surface area contributed by atoms with E-state index in [2.05, 4.69) is 17.4 Å². The van der Waals surface area contributed by atoms with Crippen LogP contribution in [0.25, 0.3) is 0 Å². The Hall–Kier alpha value is -1.00. The topological polar surface area (TPSA) is 55.1 Å². The van der Waals surface area contributed by atoms with Gasteiger partial charge in [-0.1, -0.05) is 26.7 Å². The molecule has 1 amide bonds. The fraction of sp³-hybridized carbons (Fsp3) is 0.562. The third-order valence-corrected chi connectivity index (χ3v) is 5.10. The van der Waals surface area contributed by atoms with Gasteiger partial charge < -0.3 is 11.1 Å². The van der Waals surface area contributed by atoms with E-state index in [1.54, 1.807) is 0 Å². The van der Waals surface area contributed by atoms with Crippen LogP contribution in [0.5, 0.6) is 0 Å². The zero-order valence-electron chi connectivity index (χ0n) is 12.3. The van der Waals surface area contributed by atoms with Crippen LogP contribution in [0.15, 0.2) is 29.2 Å². The zero-order chi connectivity index (χ0) is 14.5. The minimum atomic E-state index is -0.456. The molecule has 3 N–H and O–H groups in total. The standard InChI is InChI=1S/C16H24N2OS/c1-11(2)15(17)16(19)18-12-7-9-14(10-8-12)20-13-5-3-4-6-13/h7-11,13,15H,3-6,17H2,1-2H3,(H,18,19)/t15-/m0/s1. The average Bonchev–Trinajstić information content (AvgIpc) is 2.92. The Morgan fingerprint density at radius 1 is 1.25 bits per heavy atom. The molecule has 110 valence electrons. The lowest BCUT2D eigenvalue weighted by Gasteiger charge is -2.15. The molecule has 3 nitrogen and oxygen atoms in total. The van der Waals surface area contributed by atoms with Crippen LogP contribution in [0.2, 0.25) is 0 Å². The van der Waals surface area contributed by atoms with Gasteiger partial charge in [-0.05, 0) is 43.0 Å². The second-order valence-electron chi connectivity index (χ2n) is 5.81. The van der Waals surface area contributed by atoms with E-state index in [4.69, 9.17) is 5.73 Å². The number of anilines is 1. The van der Waals surface area contributed by atoms with E-state index in [1.807, 2.05) is 37.7 Å². The predicted molar refractivity (Wildman–Crippen MR) is 86.0 cm³/mol. The molecular weight excluding hydrogens is 268 g/mol. The van der Waals surface area contributed by atoms with E-state index >= 15 is 0 Å². The molecule has 1 aliphatic carbocycles. The molecule has 2 rings (SSSR count). The number of amides is 1. The van der Waals surface area contributed by atoms with E-state index in [-0.39, 0.29) is 11.8 Å². The number of rotatable bonds is 5. The van der Waals surface area contributed by atoms with E-state index in [0.717, 1.165) is 10.9 Å². The smallest absolute Gasteiger partial charge is 0.241 e. The average molecular weight is 292 g/mol. The van der Waals surface area contributed by atoms with Gasteiger partial charge in [-0.2, -0.15) is 0 Å². The summed E-state index contributed by atoms with van der Waals surface area (Å²) < 4.78 is 0. The van der Waals surface area contributed by atoms with Crippen LogP contribution < -0.4 is 11.1 Å². The van der Waals surface area contributed by atoms with Crippen molar-refractivity contribution in [3.05, 3.63) is 24.3 Å². The number of benzene rings is 1.